The van der Waals surface area contributed by atoms with E-state index in [0.29, 0.717) is 28.9 Å². The number of pyridine rings is 1. The lowest BCUT2D eigenvalue weighted by Crippen LogP contribution is -2.37. The molecular formula is C22H22N6O4S. The molecule has 0 aliphatic carbocycles. The maximum Gasteiger partial charge on any atom is 0.338 e. The van der Waals surface area contributed by atoms with Gasteiger partial charge >= 0.3 is 5.97 Å². The number of cyclic esters (lactones) is 1. The van der Waals surface area contributed by atoms with Crippen LogP contribution >= 0.6 is 0 Å². The van der Waals surface area contributed by atoms with Gasteiger partial charge in [-0.3, -0.25) is 0 Å². The van der Waals surface area contributed by atoms with Crippen LogP contribution in [-0.4, -0.2) is 40.0 Å². The van der Waals surface area contributed by atoms with E-state index in [-0.39, 0.29) is 25.7 Å². The zero-order chi connectivity index (χ0) is 23.8. The Morgan fingerprint density at radius 2 is 2.09 bits per heavy atom. The normalized spacial score (nSPS) is 13.1. The first-order valence-corrected chi connectivity index (χ1v) is 11.6. The maximum atomic E-state index is 12.2. The van der Waals surface area contributed by atoms with Crippen molar-refractivity contribution in [1.29, 1.82) is 5.26 Å². The zero-order valence-electron chi connectivity index (χ0n) is 18.1. The van der Waals surface area contributed by atoms with Crippen molar-refractivity contribution in [3.05, 3.63) is 75.7 Å². The van der Waals surface area contributed by atoms with Crippen LogP contribution in [0.15, 0.2) is 36.8 Å². The molecule has 4 rings (SSSR count). The van der Waals surface area contributed by atoms with E-state index >= 15 is 0 Å². The van der Waals surface area contributed by atoms with Gasteiger partial charge in [-0.25, -0.2) is 19.6 Å². The molecule has 3 aromatic rings. The SMILES string of the molecule is Cc1cc(-n2cc(CN(CCc3ccc4c(c3C)COC4=O)S(N)(=O)=O)cn2)ncc1C#N. The summed E-state index contributed by atoms with van der Waals surface area (Å²) in [7, 11) is -3.97. The molecule has 33 heavy (non-hydrogen) atoms. The van der Waals surface area contributed by atoms with Gasteiger partial charge < -0.3 is 4.74 Å². The molecule has 0 bridgehead atoms. The first-order chi connectivity index (χ1) is 15.7. The van der Waals surface area contributed by atoms with Crippen LogP contribution in [0, 0.1) is 25.2 Å². The second-order valence-corrected chi connectivity index (χ2v) is 9.39. The number of fused-ring (bicyclic) bond motifs is 1. The Morgan fingerprint density at radius 3 is 2.79 bits per heavy atom. The number of ether oxygens (including phenoxy) is 1. The summed E-state index contributed by atoms with van der Waals surface area (Å²) in [6, 6.07) is 7.33. The van der Waals surface area contributed by atoms with Gasteiger partial charge in [-0.05, 0) is 49.1 Å². The molecule has 10 nitrogen and oxygen atoms in total. The van der Waals surface area contributed by atoms with Gasteiger partial charge in [0, 0.05) is 36.6 Å². The van der Waals surface area contributed by atoms with Crippen LogP contribution in [0.5, 0.6) is 0 Å². The van der Waals surface area contributed by atoms with Crippen molar-refractivity contribution >= 4 is 16.2 Å². The minimum atomic E-state index is -3.97. The smallest absolute Gasteiger partial charge is 0.338 e. The first kappa shape index (κ1) is 22.6. The summed E-state index contributed by atoms with van der Waals surface area (Å²) in [6.45, 7) is 4.13. The summed E-state index contributed by atoms with van der Waals surface area (Å²) in [5.41, 5.74) is 5.12. The van der Waals surface area contributed by atoms with E-state index in [1.807, 2.05) is 13.0 Å². The van der Waals surface area contributed by atoms with Gasteiger partial charge in [-0.2, -0.15) is 23.1 Å². The number of carbonyl (C=O) groups excluding carboxylic acids is 1. The monoisotopic (exact) mass is 466 g/mol. The van der Waals surface area contributed by atoms with Crippen LogP contribution in [0.4, 0.5) is 0 Å². The third-order valence-corrected chi connectivity index (χ3v) is 6.75. The highest BCUT2D eigenvalue weighted by Gasteiger charge is 2.25. The maximum absolute atomic E-state index is 12.2. The van der Waals surface area contributed by atoms with Crippen molar-refractivity contribution in [3.8, 4) is 11.9 Å². The number of esters is 1. The first-order valence-electron chi connectivity index (χ1n) is 10.1. The van der Waals surface area contributed by atoms with Gasteiger partial charge in [0.15, 0.2) is 5.82 Å². The molecule has 2 N–H and O–H groups in total. The highest BCUT2D eigenvalue weighted by Crippen LogP contribution is 2.26. The highest BCUT2D eigenvalue weighted by molar-refractivity contribution is 7.86. The molecule has 170 valence electrons. The quantitative estimate of drug-likeness (QED) is 0.522. The number of aryl methyl sites for hydroxylation is 1. The molecular weight excluding hydrogens is 444 g/mol. The summed E-state index contributed by atoms with van der Waals surface area (Å²) in [5, 5.41) is 18.8. The summed E-state index contributed by atoms with van der Waals surface area (Å²) in [5.74, 6) is 0.181. The van der Waals surface area contributed by atoms with Gasteiger partial charge in [0.25, 0.3) is 10.2 Å². The lowest BCUT2D eigenvalue weighted by atomic mass is 9.97. The van der Waals surface area contributed by atoms with E-state index in [1.54, 1.807) is 31.5 Å². The van der Waals surface area contributed by atoms with Crippen LogP contribution in [0.3, 0.4) is 0 Å². The predicted molar refractivity (Wildman–Crippen MR) is 118 cm³/mol. The van der Waals surface area contributed by atoms with Gasteiger partial charge in [0.05, 0.1) is 17.3 Å². The molecule has 11 heteroatoms. The standard InChI is InChI=1S/C22H22N6O4S/c1-14-7-21(25-10-18(14)8-23)28-12-16(9-26-28)11-27(33(24,30)31)6-5-17-3-4-19-20(15(17)2)13-32-22(19)29/h3-4,7,9-10,12H,5-6,11,13H2,1-2H3,(H2,24,30,31). The van der Waals surface area contributed by atoms with Crippen molar-refractivity contribution in [2.24, 2.45) is 5.14 Å². The molecule has 0 unspecified atom stereocenters. The second kappa shape index (κ2) is 8.74. The Bertz CT molecular complexity index is 1390. The largest absolute Gasteiger partial charge is 0.457 e. The third-order valence-electron chi connectivity index (χ3n) is 5.72. The Balaban J connectivity index is 1.51. The Labute approximate surface area is 191 Å². The van der Waals surface area contributed by atoms with Crippen molar-refractivity contribution in [2.75, 3.05) is 6.54 Å². The topological polar surface area (TPSA) is 144 Å². The molecule has 1 aliphatic heterocycles. The van der Waals surface area contributed by atoms with Crippen molar-refractivity contribution < 1.29 is 17.9 Å². The number of benzene rings is 1. The number of nitriles is 1. The summed E-state index contributed by atoms with van der Waals surface area (Å²) in [4.78, 5) is 16.0. The van der Waals surface area contributed by atoms with E-state index in [4.69, 9.17) is 15.1 Å². The highest BCUT2D eigenvalue weighted by atomic mass is 32.2. The summed E-state index contributed by atoms with van der Waals surface area (Å²) >= 11 is 0. The predicted octanol–water partition coefficient (Wildman–Crippen LogP) is 1.67. The lowest BCUT2D eigenvalue weighted by molar-refractivity contribution is 0.0535. The Hall–Kier alpha value is -3.59. The van der Waals surface area contributed by atoms with Crippen molar-refractivity contribution in [2.45, 2.75) is 33.4 Å². The number of nitrogens with zero attached hydrogens (tertiary/aromatic N) is 5. The van der Waals surface area contributed by atoms with Gasteiger partial charge in [-0.1, -0.05) is 6.07 Å². The van der Waals surface area contributed by atoms with Crippen LogP contribution < -0.4 is 5.14 Å². The fraction of sp³-hybridized carbons (Fsp3) is 0.273. The van der Waals surface area contributed by atoms with Crippen LogP contribution in [0.2, 0.25) is 0 Å². The minimum absolute atomic E-state index is 0.0413. The van der Waals surface area contributed by atoms with E-state index in [0.717, 1.165) is 22.3 Å². The molecule has 0 spiro atoms. The van der Waals surface area contributed by atoms with E-state index < -0.39 is 10.2 Å². The van der Waals surface area contributed by atoms with Gasteiger partial charge in [-0.15, -0.1) is 0 Å². The average Bonchev–Trinajstić information content (AvgIpc) is 3.39. The van der Waals surface area contributed by atoms with Crippen LogP contribution in [0.1, 0.15) is 43.7 Å². The summed E-state index contributed by atoms with van der Waals surface area (Å²) in [6.07, 6.45) is 5.13. The fourth-order valence-corrected chi connectivity index (χ4v) is 4.44. The molecule has 0 fully saturated rings. The summed E-state index contributed by atoms with van der Waals surface area (Å²) < 4.78 is 32.2. The number of carbonyl (C=O) groups is 1. The average molecular weight is 467 g/mol. The van der Waals surface area contributed by atoms with Gasteiger partial charge in [0.1, 0.15) is 12.7 Å². The zero-order valence-corrected chi connectivity index (χ0v) is 19.0. The molecule has 1 aliphatic rings. The number of rotatable bonds is 7. The minimum Gasteiger partial charge on any atom is -0.457 e. The Morgan fingerprint density at radius 1 is 1.30 bits per heavy atom. The molecule has 3 heterocycles. The van der Waals surface area contributed by atoms with E-state index in [9.17, 15) is 13.2 Å². The molecule has 0 radical (unpaired) electrons. The third kappa shape index (κ3) is 4.63. The molecule has 0 saturated heterocycles. The van der Waals surface area contributed by atoms with Crippen molar-refractivity contribution in [1.82, 2.24) is 19.1 Å². The molecule has 0 atom stereocenters. The Kier molecular flexibility index (Phi) is 5.99. The number of aromatic nitrogens is 3. The number of nitrogens with two attached hydrogens (primary N) is 1. The molecule has 1 aromatic carbocycles. The van der Waals surface area contributed by atoms with E-state index in [1.165, 1.54) is 15.2 Å². The van der Waals surface area contributed by atoms with Crippen LogP contribution in [0.25, 0.3) is 5.82 Å². The van der Waals surface area contributed by atoms with Gasteiger partial charge in [0.2, 0.25) is 0 Å². The molecule has 0 amide bonds. The second-order valence-electron chi connectivity index (χ2n) is 7.84. The van der Waals surface area contributed by atoms with Crippen molar-refractivity contribution in [3.63, 3.8) is 0 Å². The lowest BCUT2D eigenvalue weighted by Gasteiger charge is -2.19. The molecule has 2 aromatic heterocycles. The van der Waals surface area contributed by atoms with Crippen LogP contribution in [-0.2, 0) is 34.5 Å². The number of hydrogen-bond acceptors (Lipinski definition) is 7. The number of hydrogen-bond donors (Lipinski definition) is 1. The molecule has 0 saturated carbocycles. The fourth-order valence-electron chi connectivity index (χ4n) is 3.76. The van der Waals surface area contributed by atoms with E-state index in [2.05, 4.69) is 16.2 Å².